The van der Waals surface area contributed by atoms with Crippen LogP contribution >= 0.6 is 15.9 Å². The zero-order chi connectivity index (χ0) is 14.2. The summed E-state index contributed by atoms with van der Waals surface area (Å²) in [6.45, 7) is 1.84. The molecule has 2 aromatic carbocycles. The van der Waals surface area contributed by atoms with Gasteiger partial charge in [-0.3, -0.25) is 4.79 Å². The summed E-state index contributed by atoms with van der Waals surface area (Å²) in [4.78, 5) is 11.3. The SMILES string of the molecule is Cc1c(Br)cccc1-c1c(F)ccc(C(N)=O)c1N. The summed E-state index contributed by atoms with van der Waals surface area (Å²) in [6.07, 6.45) is 0. The lowest BCUT2D eigenvalue weighted by Crippen LogP contribution is -2.14. The first-order valence-electron chi connectivity index (χ1n) is 5.56. The Morgan fingerprint density at radius 1 is 1.26 bits per heavy atom. The maximum atomic E-state index is 14.0. The molecule has 0 unspecified atom stereocenters. The second-order valence-corrected chi connectivity index (χ2v) is 5.01. The average molecular weight is 323 g/mol. The van der Waals surface area contributed by atoms with Crippen LogP contribution in [0.5, 0.6) is 0 Å². The Morgan fingerprint density at radius 3 is 2.58 bits per heavy atom. The fourth-order valence-corrected chi connectivity index (χ4v) is 2.33. The van der Waals surface area contributed by atoms with Crippen LogP contribution in [0.4, 0.5) is 10.1 Å². The molecule has 0 radical (unpaired) electrons. The van der Waals surface area contributed by atoms with Gasteiger partial charge in [-0.15, -0.1) is 0 Å². The minimum absolute atomic E-state index is 0.0636. The third-order valence-electron chi connectivity index (χ3n) is 3.00. The number of carbonyl (C=O) groups is 1. The van der Waals surface area contributed by atoms with Crippen molar-refractivity contribution in [2.24, 2.45) is 5.73 Å². The molecule has 19 heavy (non-hydrogen) atoms. The van der Waals surface area contributed by atoms with Crippen molar-refractivity contribution in [2.75, 3.05) is 5.73 Å². The molecule has 2 aromatic rings. The molecule has 0 heterocycles. The molecule has 0 fully saturated rings. The van der Waals surface area contributed by atoms with E-state index >= 15 is 0 Å². The summed E-state index contributed by atoms with van der Waals surface area (Å²) < 4.78 is 14.9. The maximum Gasteiger partial charge on any atom is 0.250 e. The van der Waals surface area contributed by atoms with Gasteiger partial charge in [0.2, 0.25) is 0 Å². The Bertz CT molecular complexity index is 671. The predicted molar refractivity (Wildman–Crippen MR) is 77.2 cm³/mol. The number of anilines is 1. The zero-order valence-electron chi connectivity index (χ0n) is 10.2. The molecule has 0 saturated heterocycles. The van der Waals surface area contributed by atoms with Crippen LogP contribution < -0.4 is 11.5 Å². The zero-order valence-corrected chi connectivity index (χ0v) is 11.8. The van der Waals surface area contributed by atoms with Crippen molar-refractivity contribution in [1.82, 2.24) is 0 Å². The Kier molecular flexibility index (Phi) is 3.57. The molecular formula is C14H12BrFN2O. The molecular weight excluding hydrogens is 311 g/mol. The van der Waals surface area contributed by atoms with Gasteiger partial charge in [0.1, 0.15) is 5.82 Å². The van der Waals surface area contributed by atoms with E-state index in [9.17, 15) is 9.18 Å². The van der Waals surface area contributed by atoms with E-state index in [0.717, 1.165) is 10.0 Å². The van der Waals surface area contributed by atoms with Crippen LogP contribution in [0.15, 0.2) is 34.8 Å². The monoisotopic (exact) mass is 322 g/mol. The summed E-state index contributed by atoms with van der Waals surface area (Å²) in [5, 5.41) is 0. The van der Waals surface area contributed by atoms with Crippen LogP contribution in [0.25, 0.3) is 11.1 Å². The van der Waals surface area contributed by atoms with E-state index in [-0.39, 0.29) is 16.8 Å². The molecule has 0 bridgehead atoms. The summed E-state index contributed by atoms with van der Waals surface area (Å²) in [5.74, 6) is -1.16. The third kappa shape index (κ3) is 2.33. The van der Waals surface area contributed by atoms with Crippen LogP contribution in [0.2, 0.25) is 0 Å². The van der Waals surface area contributed by atoms with Crippen molar-refractivity contribution in [3.63, 3.8) is 0 Å². The van der Waals surface area contributed by atoms with E-state index in [1.807, 2.05) is 13.0 Å². The van der Waals surface area contributed by atoms with E-state index in [1.54, 1.807) is 12.1 Å². The summed E-state index contributed by atoms with van der Waals surface area (Å²) in [6, 6.07) is 7.88. The number of rotatable bonds is 2. The van der Waals surface area contributed by atoms with Crippen molar-refractivity contribution >= 4 is 27.5 Å². The van der Waals surface area contributed by atoms with Crippen molar-refractivity contribution < 1.29 is 9.18 Å². The molecule has 0 atom stereocenters. The summed E-state index contributed by atoms with van der Waals surface area (Å²) >= 11 is 3.39. The van der Waals surface area contributed by atoms with E-state index in [2.05, 4.69) is 15.9 Å². The minimum atomic E-state index is -0.675. The Hall–Kier alpha value is -1.88. The molecule has 0 saturated carbocycles. The van der Waals surface area contributed by atoms with Gasteiger partial charge in [0.15, 0.2) is 0 Å². The molecule has 98 valence electrons. The van der Waals surface area contributed by atoms with Gasteiger partial charge in [0.05, 0.1) is 11.3 Å². The first kappa shape index (κ1) is 13.5. The highest BCUT2D eigenvalue weighted by Crippen LogP contribution is 2.35. The number of nitrogens with two attached hydrogens (primary N) is 2. The third-order valence-corrected chi connectivity index (χ3v) is 3.86. The van der Waals surface area contributed by atoms with Crippen LogP contribution in [-0.2, 0) is 0 Å². The Labute approximate surface area is 118 Å². The smallest absolute Gasteiger partial charge is 0.250 e. The van der Waals surface area contributed by atoms with Gasteiger partial charge in [-0.2, -0.15) is 0 Å². The molecule has 2 rings (SSSR count). The second kappa shape index (κ2) is 5.01. The fourth-order valence-electron chi connectivity index (χ4n) is 1.96. The van der Waals surface area contributed by atoms with E-state index in [0.29, 0.717) is 5.56 Å². The number of hydrogen-bond acceptors (Lipinski definition) is 2. The quantitative estimate of drug-likeness (QED) is 0.833. The van der Waals surface area contributed by atoms with Gasteiger partial charge < -0.3 is 11.5 Å². The number of hydrogen-bond donors (Lipinski definition) is 2. The van der Waals surface area contributed by atoms with E-state index in [4.69, 9.17) is 11.5 Å². The maximum absolute atomic E-state index is 14.0. The first-order chi connectivity index (χ1) is 8.93. The number of amides is 1. The van der Waals surface area contributed by atoms with Crippen molar-refractivity contribution in [2.45, 2.75) is 6.92 Å². The van der Waals surface area contributed by atoms with Gasteiger partial charge in [0.25, 0.3) is 5.91 Å². The van der Waals surface area contributed by atoms with Crippen LogP contribution in [0.1, 0.15) is 15.9 Å². The molecule has 0 aliphatic heterocycles. The van der Waals surface area contributed by atoms with Crippen molar-refractivity contribution in [1.29, 1.82) is 0 Å². The van der Waals surface area contributed by atoms with Crippen LogP contribution in [-0.4, -0.2) is 5.91 Å². The van der Waals surface area contributed by atoms with E-state index in [1.165, 1.54) is 12.1 Å². The van der Waals surface area contributed by atoms with Crippen molar-refractivity contribution in [3.05, 3.63) is 51.7 Å². The lowest BCUT2D eigenvalue weighted by atomic mass is 9.96. The average Bonchev–Trinajstić information content (AvgIpc) is 2.34. The Balaban J connectivity index is 2.78. The van der Waals surface area contributed by atoms with E-state index < -0.39 is 11.7 Å². The molecule has 0 aliphatic carbocycles. The number of nitrogen functional groups attached to an aromatic ring is 1. The van der Waals surface area contributed by atoms with Gasteiger partial charge in [-0.05, 0) is 36.2 Å². The standard InChI is InChI=1S/C14H12BrFN2O/c1-7-8(3-2-4-10(7)15)12-11(16)6-5-9(13(12)17)14(18)19/h2-6H,17H2,1H3,(H2,18,19). The highest BCUT2D eigenvalue weighted by atomic mass is 79.9. The molecule has 3 nitrogen and oxygen atoms in total. The van der Waals surface area contributed by atoms with Gasteiger partial charge >= 0.3 is 0 Å². The molecule has 0 spiro atoms. The normalized spacial score (nSPS) is 10.5. The largest absolute Gasteiger partial charge is 0.397 e. The number of halogens is 2. The topological polar surface area (TPSA) is 69.1 Å². The summed E-state index contributed by atoms with van der Waals surface area (Å²) in [5.41, 5.74) is 13.0. The van der Waals surface area contributed by atoms with Crippen molar-refractivity contribution in [3.8, 4) is 11.1 Å². The van der Waals surface area contributed by atoms with Gasteiger partial charge in [-0.1, -0.05) is 28.1 Å². The lowest BCUT2D eigenvalue weighted by molar-refractivity contribution is 0.100. The number of carbonyl (C=O) groups excluding carboxylic acids is 1. The molecule has 0 aliphatic rings. The number of benzene rings is 2. The lowest BCUT2D eigenvalue weighted by Gasteiger charge is -2.13. The highest BCUT2D eigenvalue weighted by molar-refractivity contribution is 9.10. The molecule has 1 amide bonds. The van der Waals surface area contributed by atoms with Gasteiger partial charge in [0, 0.05) is 10.0 Å². The molecule has 5 heteroatoms. The Morgan fingerprint density at radius 2 is 1.95 bits per heavy atom. The minimum Gasteiger partial charge on any atom is -0.397 e. The predicted octanol–water partition coefficient (Wildman–Crippen LogP) is 3.24. The number of primary amides is 1. The molecule has 0 aromatic heterocycles. The van der Waals surface area contributed by atoms with Crippen LogP contribution in [0, 0.1) is 12.7 Å². The highest BCUT2D eigenvalue weighted by Gasteiger charge is 2.17. The summed E-state index contributed by atoms with van der Waals surface area (Å²) in [7, 11) is 0. The second-order valence-electron chi connectivity index (χ2n) is 4.16. The molecule has 4 N–H and O–H groups in total. The first-order valence-corrected chi connectivity index (χ1v) is 6.36. The van der Waals surface area contributed by atoms with Gasteiger partial charge in [-0.25, -0.2) is 4.39 Å². The van der Waals surface area contributed by atoms with Crippen LogP contribution in [0.3, 0.4) is 0 Å². The fraction of sp³-hybridized carbons (Fsp3) is 0.0714.